The number of aromatic nitrogens is 1. The van der Waals surface area contributed by atoms with E-state index in [1.165, 1.54) is 0 Å². The molecule has 0 aliphatic heterocycles. The molecule has 0 saturated carbocycles. The summed E-state index contributed by atoms with van der Waals surface area (Å²) in [5.41, 5.74) is 1.65. The summed E-state index contributed by atoms with van der Waals surface area (Å²) in [7, 11) is 0. The summed E-state index contributed by atoms with van der Waals surface area (Å²) in [6, 6.07) is 9.76. The third-order valence-corrected chi connectivity index (χ3v) is 3.53. The van der Waals surface area contributed by atoms with Crippen LogP contribution >= 0.6 is 0 Å². The van der Waals surface area contributed by atoms with Crippen molar-refractivity contribution in [1.82, 2.24) is 4.98 Å². The lowest BCUT2D eigenvalue weighted by Crippen LogP contribution is -2.23. The Morgan fingerprint density at radius 3 is 2.95 bits per heavy atom. The molecule has 1 aliphatic carbocycles. The lowest BCUT2D eigenvalue weighted by Gasteiger charge is -2.17. The maximum Gasteiger partial charge on any atom is 0.227 e. The Kier molecular flexibility index (Phi) is 3.27. The van der Waals surface area contributed by atoms with Gasteiger partial charge in [0.1, 0.15) is 0 Å². The summed E-state index contributed by atoms with van der Waals surface area (Å²) in [6.45, 7) is 0. The second kappa shape index (κ2) is 5.22. The normalized spacial score (nSPS) is 18.4. The molecular formula is C16H16N2O. The van der Waals surface area contributed by atoms with Gasteiger partial charge in [0.15, 0.2) is 0 Å². The number of hydrogen-bond acceptors (Lipinski definition) is 2. The van der Waals surface area contributed by atoms with Gasteiger partial charge in [0, 0.05) is 17.5 Å². The number of pyridine rings is 1. The van der Waals surface area contributed by atoms with Gasteiger partial charge in [0.25, 0.3) is 0 Å². The lowest BCUT2D eigenvalue weighted by atomic mass is 9.93. The minimum Gasteiger partial charge on any atom is -0.324 e. The van der Waals surface area contributed by atoms with Gasteiger partial charge in [0.2, 0.25) is 5.91 Å². The maximum absolute atomic E-state index is 12.2. The van der Waals surface area contributed by atoms with Crippen LogP contribution < -0.4 is 5.32 Å². The minimum atomic E-state index is 0.0870. The highest BCUT2D eigenvalue weighted by molar-refractivity contribution is 6.01. The number of rotatable bonds is 2. The van der Waals surface area contributed by atoms with Crippen molar-refractivity contribution in [3.8, 4) is 0 Å². The highest BCUT2D eigenvalue weighted by Gasteiger charge is 2.19. The number of para-hydroxylation sites is 1. The van der Waals surface area contributed by atoms with E-state index in [0.29, 0.717) is 0 Å². The van der Waals surface area contributed by atoms with Crippen molar-refractivity contribution in [2.75, 3.05) is 5.32 Å². The van der Waals surface area contributed by atoms with Crippen LogP contribution in [0.15, 0.2) is 48.7 Å². The Morgan fingerprint density at radius 2 is 2.11 bits per heavy atom. The van der Waals surface area contributed by atoms with E-state index in [1.807, 2.05) is 30.3 Å². The second-order valence-electron chi connectivity index (χ2n) is 4.85. The first-order valence-electron chi connectivity index (χ1n) is 6.64. The molecule has 0 spiro atoms. The molecule has 1 aliphatic rings. The maximum atomic E-state index is 12.2. The van der Waals surface area contributed by atoms with E-state index in [1.54, 1.807) is 6.20 Å². The van der Waals surface area contributed by atoms with Crippen LogP contribution in [0.25, 0.3) is 10.9 Å². The number of carbonyl (C=O) groups is 1. The molecule has 3 rings (SSSR count). The van der Waals surface area contributed by atoms with Gasteiger partial charge in [-0.15, -0.1) is 0 Å². The highest BCUT2D eigenvalue weighted by atomic mass is 16.1. The summed E-state index contributed by atoms with van der Waals surface area (Å²) in [5.74, 6) is 0.187. The third kappa shape index (κ3) is 2.50. The molecule has 0 saturated heterocycles. The summed E-state index contributed by atoms with van der Waals surface area (Å²) in [5, 5.41) is 4.06. The first-order valence-corrected chi connectivity index (χ1v) is 6.64. The smallest absolute Gasteiger partial charge is 0.227 e. The van der Waals surface area contributed by atoms with Crippen molar-refractivity contribution in [2.45, 2.75) is 19.3 Å². The standard InChI is InChI=1S/C16H16N2O/c19-16(13-6-2-1-3-7-13)18-14-10-4-8-12-9-5-11-17-15(12)14/h1-2,4-5,8-11,13H,3,6-7H2,(H,18,19)/t13-/m0/s1. The average molecular weight is 252 g/mol. The quantitative estimate of drug-likeness (QED) is 0.831. The van der Waals surface area contributed by atoms with E-state index >= 15 is 0 Å². The first-order chi connectivity index (χ1) is 9.34. The Bertz CT molecular complexity index is 628. The number of hydrogen-bond donors (Lipinski definition) is 1. The fourth-order valence-corrected chi connectivity index (χ4v) is 2.47. The predicted octanol–water partition coefficient (Wildman–Crippen LogP) is 3.53. The highest BCUT2D eigenvalue weighted by Crippen LogP contribution is 2.24. The van der Waals surface area contributed by atoms with Crippen molar-refractivity contribution >= 4 is 22.5 Å². The van der Waals surface area contributed by atoms with Crippen LogP contribution in [0.2, 0.25) is 0 Å². The summed E-state index contributed by atoms with van der Waals surface area (Å²) in [4.78, 5) is 16.6. The van der Waals surface area contributed by atoms with Gasteiger partial charge in [0.05, 0.1) is 11.2 Å². The molecule has 1 aromatic heterocycles. The minimum absolute atomic E-state index is 0.0870. The van der Waals surface area contributed by atoms with Crippen LogP contribution in [-0.2, 0) is 4.79 Å². The number of allylic oxidation sites excluding steroid dienone is 2. The van der Waals surface area contributed by atoms with E-state index in [4.69, 9.17) is 0 Å². The van der Waals surface area contributed by atoms with Crippen LogP contribution in [0.1, 0.15) is 19.3 Å². The van der Waals surface area contributed by atoms with Gasteiger partial charge in [-0.2, -0.15) is 0 Å². The molecule has 19 heavy (non-hydrogen) atoms. The molecule has 1 heterocycles. The third-order valence-electron chi connectivity index (χ3n) is 3.53. The zero-order valence-corrected chi connectivity index (χ0v) is 10.7. The molecule has 3 nitrogen and oxygen atoms in total. The van der Waals surface area contributed by atoms with Crippen LogP contribution in [0.5, 0.6) is 0 Å². The zero-order chi connectivity index (χ0) is 13.1. The fraction of sp³-hybridized carbons (Fsp3) is 0.250. The van der Waals surface area contributed by atoms with Crippen molar-refractivity contribution in [2.24, 2.45) is 5.92 Å². The van der Waals surface area contributed by atoms with Gasteiger partial charge in [-0.25, -0.2) is 0 Å². The number of benzene rings is 1. The molecule has 0 unspecified atom stereocenters. The van der Waals surface area contributed by atoms with Crippen molar-refractivity contribution in [3.63, 3.8) is 0 Å². The molecule has 3 heteroatoms. The predicted molar refractivity (Wildman–Crippen MR) is 76.9 cm³/mol. The molecular weight excluding hydrogens is 236 g/mol. The summed E-state index contributed by atoms with van der Waals surface area (Å²) >= 11 is 0. The number of carbonyl (C=O) groups excluding carboxylic acids is 1. The van der Waals surface area contributed by atoms with Crippen LogP contribution in [0, 0.1) is 5.92 Å². The molecule has 1 N–H and O–H groups in total. The number of nitrogens with one attached hydrogen (secondary N) is 1. The monoisotopic (exact) mass is 252 g/mol. The summed E-state index contributed by atoms with van der Waals surface area (Å²) in [6.07, 6.45) is 8.75. The molecule has 96 valence electrons. The number of amides is 1. The Balaban J connectivity index is 1.85. The van der Waals surface area contributed by atoms with E-state index < -0.39 is 0 Å². The largest absolute Gasteiger partial charge is 0.324 e. The average Bonchev–Trinajstić information content (AvgIpc) is 2.48. The van der Waals surface area contributed by atoms with E-state index in [9.17, 15) is 4.79 Å². The Hall–Kier alpha value is -2.16. The number of anilines is 1. The topological polar surface area (TPSA) is 42.0 Å². The van der Waals surface area contributed by atoms with Crippen molar-refractivity contribution in [3.05, 3.63) is 48.7 Å². The Morgan fingerprint density at radius 1 is 1.21 bits per heavy atom. The fourth-order valence-electron chi connectivity index (χ4n) is 2.47. The molecule has 1 atom stereocenters. The zero-order valence-electron chi connectivity index (χ0n) is 10.7. The van der Waals surface area contributed by atoms with E-state index in [0.717, 1.165) is 35.9 Å². The van der Waals surface area contributed by atoms with Crippen molar-refractivity contribution in [1.29, 1.82) is 0 Å². The van der Waals surface area contributed by atoms with Gasteiger partial charge in [-0.3, -0.25) is 9.78 Å². The van der Waals surface area contributed by atoms with Crippen LogP contribution in [-0.4, -0.2) is 10.9 Å². The molecule has 2 aromatic rings. The molecule has 1 amide bonds. The van der Waals surface area contributed by atoms with Crippen molar-refractivity contribution < 1.29 is 4.79 Å². The van der Waals surface area contributed by atoms with E-state index in [2.05, 4.69) is 22.5 Å². The summed E-state index contributed by atoms with van der Waals surface area (Å²) < 4.78 is 0. The van der Waals surface area contributed by atoms with Gasteiger partial charge >= 0.3 is 0 Å². The molecule has 0 radical (unpaired) electrons. The van der Waals surface area contributed by atoms with Gasteiger partial charge in [-0.05, 0) is 31.4 Å². The van der Waals surface area contributed by atoms with E-state index in [-0.39, 0.29) is 11.8 Å². The van der Waals surface area contributed by atoms with Crippen LogP contribution in [0.3, 0.4) is 0 Å². The number of fused-ring (bicyclic) bond motifs is 1. The van der Waals surface area contributed by atoms with Gasteiger partial charge in [-0.1, -0.05) is 30.4 Å². The van der Waals surface area contributed by atoms with Crippen LogP contribution in [0.4, 0.5) is 5.69 Å². The molecule has 1 aromatic carbocycles. The Labute approximate surface area is 112 Å². The first kappa shape index (κ1) is 11.9. The molecule has 0 bridgehead atoms. The molecule has 0 fully saturated rings. The second-order valence-corrected chi connectivity index (χ2v) is 4.85. The SMILES string of the molecule is O=C(Nc1cccc2cccnc12)[C@H]1CC=CCC1. The lowest BCUT2D eigenvalue weighted by molar-refractivity contribution is -0.120. The van der Waals surface area contributed by atoms with Gasteiger partial charge < -0.3 is 5.32 Å². The number of nitrogens with zero attached hydrogens (tertiary/aromatic N) is 1.